The molecule has 2 aliphatic rings. The summed E-state index contributed by atoms with van der Waals surface area (Å²) in [6, 6.07) is 1.59. The van der Waals surface area contributed by atoms with Gasteiger partial charge < -0.3 is 4.74 Å². The third-order valence-electron chi connectivity index (χ3n) is 5.32. The predicted octanol–water partition coefficient (Wildman–Crippen LogP) is 1.44. The molecule has 4 heterocycles. The first-order valence-electron chi connectivity index (χ1n) is 9.56. The third-order valence-corrected chi connectivity index (χ3v) is 7.68. The second-order valence-electron chi connectivity index (χ2n) is 7.42. The first kappa shape index (κ1) is 18.3. The number of sulfonamides is 1. The average Bonchev–Trinajstić information content (AvgIpc) is 3.49. The molecule has 1 saturated carbocycles. The van der Waals surface area contributed by atoms with E-state index in [1.54, 1.807) is 21.3 Å². The van der Waals surface area contributed by atoms with Gasteiger partial charge in [-0.05, 0) is 31.7 Å². The summed E-state index contributed by atoms with van der Waals surface area (Å²) in [5.41, 5.74) is 0.125. The SMILES string of the molecule is O=c1[nH]c(Oc2cnn([C@H]3CCCN(S(=O)(=O)C4CC4)C3)c2)nc2cnccc12. The number of fused-ring (bicyclic) bond motifs is 1. The summed E-state index contributed by atoms with van der Waals surface area (Å²) in [5.74, 6) is 0.415. The minimum absolute atomic E-state index is 0.0524. The Hall–Kier alpha value is -2.79. The number of aromatic amines is 1. The van der Waals surface area contributed by atoms with Crippen LogP contribution in [0.4, 0.5) is 0 Å². The fourth-order valence-corrected chi connectivity index (χ4v) is 5.56. The van der Waals surface area contributed by atoms with Crippen LogP contribution < -0.4 is 10.3 Å². The third kappa shape index (κ3) is 3.51. The van der Waals surface area contributed by atoms with Gasteiger partial charge in [0.05, 0.1) is 40.8 Å². The monoisotopic (exact) mass is 416 g/mol. The Morgan fingerprint density at radius 3 is 2.90 bits per heavy atom. The molecule has 1 atom stereocenters. The molecule has 0 bridgehead atoms. The van der Waals surface area contributed by atoms with Crippen LogP contribution in [-0.4, -0.2) is 55.8 Å². The molecule has 1 saturated heterocycles. The van der Waals surface area contributed by atoms with Crippen LogP contribution in [0.15, 0.2) is 35.6 Å². The van der Waals surface area contributed by atoms with E-state index in [0.29, 0.717) is 29.7 Å². The normalized spacial score (nSPS) is 20.8. The van der Waals surface area contributed by atoms with Crippen LogP contribution in [0, 0.1) is 0 Å². The topological polar surface area (TPSA) is 123 Å². The van der Waals surface area contributed by atoms with Crippen molar-refractivity contribution in [3.63, 3.8) is 0 Å². The van der Waals surface area contributed by atoms with Gasteiger partial charge >= 0.3 is 6.01 Å². The number of aromatic nitrogens is 5. The molecule has 2 fully saturated rings. The standard InChI is InChI=1S/C18H20N6O4S/c25-17-15-5-6-19-9-16(15)21-18(22-17)28-13-8-20-24(11-13)12-2-1-7-23(10-12)29(26,27)14-3-4-14/h5-6,8-9,11-12,14H,1-4,7,10H2,(H,21,22,25)/t12-/m0/s1. The molecule has 3 aromatic rings. The molecule has 10 nitrogen and oxygen atoms in total. The van der Waals surface area contributed by atoms with Gasteiger partial charge in [-0.15, -0.1) is 0 Å². The average molecular weight is 416 g/mol. The fourth-order valence-electron chi connectivity index (χ4n) is 3.65. The van der Waals surface area contributed by atoms with E-state index in [1.807, 2.05) is 0 Å². The lowest BCUT2D eigenvalue weighted by Crippen LogP contribution is -2.42. The second-order valence-corrected chi connectivity index (χ2v) is 9.63. The van der Waals surface area contributed by atoms with E-state index in [0.717, 1.165) is 25.7 Å². The van der Waals surface area contributed by atoms with Crippen molar-refractivity contribution in [3.05, 3.63) is 41.2 Å². The van der Waals surface area contributed by atoms with E-state index in [4.69, 9.17) is 4.74 Å². The Kier molecular flexibility index (Phi) is 4.36. The Morgan fingerprint density at radius 2 is 2.07 bits per heavy atom. The number of rotatable bonds is 5. The van der Waals surface area contributed by atoms with E-state index >= 15 is 0 Å². The highest BCUT2D eigenvalue weighted by Crippen LogP contribution is 2.34. The van der Waals surface area contributed by atoms with Crippen LogP contribution in [0.25, 0.3) is 10.9 Å². The summed E-state index contributed by atoms with van der Waals surface area (Å²) in [7, 11) is -3.19. The van der Waals surface area contributed by atoms with E-state index in [1.165, 1.54) is 18.6 Å². The molecule has 3 aromatic heterocycles. The smallest absolute Gasteiger partial charge is 0.302 e. The molecule has 0 amide bonds. The number of H-pyrrole nitrogens is 1. The van der Waals surface area contributed by atoms with Crippen molar-refractivity contribution in [1.29, 1.82) is 0 Å². The van der Waals surface area contributed by atoms with Gasteiger partial charge in [0.25, 0.3) is 5.56 Å². The van der Waals surface area contributed by atoms with Crippen molar-refractivity contribution in [2.45, 2.75) is 37.0 Å². The maximum atomic E-state index is 12.5. The Balaban J connectivity index is 1.34. The highest BCUT2D eigenvalue weighted by Gasteiger charge is 2.41. The van der Waals surface area contributed by atoms with Gasteiger partial charge in [0, 0.05) is 19.3 Å². The Bertz CT molecular complexity index is 1220. The maximum Gasteiger partial charge on any atom is 0.302 e. The lowest BCUT2D eigenvalue weighted by atomic mass is 10.1. The predicted molar refractivity (Wildman–Crippen MR) is 104 cm³/mol. The Labute approximate surface area is 166 Å². The van der Waals surface area contributed by atoms with Crippen LogP contribution in [0.2, 0.25) is 0 Å². The number of nitrogens with one attached hydrogen (secondary N) is 1. The molecule has 1 aliphatic carbocycles. The van der Waals surface area contributed by atoms with Crippen LogP contribution in [0.5, 0.6) is 11.8 Å². The molecular weight excluding hydrogens is 396 g/mol. The number of nitrogens with zero attached hydrogens (tertiary/aromatic N) is 5. The summed E-state index contributed by atoms with van der Waals surface area (Å²) < 4.78 is 34.1. The van der Waals surface area contributed by atoms with Gasteiger partial charge in [-0.1, -0.05) is 0 Å². The molecule has 1 N–H and O–H groups in total. The summed E-state index contributed by atoms with van der Waals surface area (Å²) in [6.07, 6.45) is 9.41. The van der Waals surface area contributed by atoms with Crippen LogP contribution >= 0.6 is 0 Å². The van der Waals surface area contributed by atoms with Crippen molar-refractivity contribution in [2.75, 3.05) is 13.1 Å². The fraction of sp³-hybridized carbons (Fsp3) is 0.444. The molecule has 5 rings (SSSR count). The van der Waals surface area contributed by atoms with Gasteiger partial charge in [0.2, 0.25) is 10.0 Å². The van der Waals surface area contributed by atoms with Crippen molar-refractivity contribution in [1.82, 2.24) is 29.0 Å². The zero-order chi connectivity index (χ0) is 20.0. The summed E-state index contributed by atoms with van der Waals surface area (Å²) in [4.78, 5) is 23.0. The number of hydrogen-bond donors (Lipinski definition) is 1. The van der Waals surface area contributed by atoms with E-state index in [9.17, 15) is 13.2 Å². The zero-order valence-corrected chi connectivity index (χ0v) is 16.4. The minimum Gasteiger partial charge on any atom is -0.422 e. The minimum atomic E-state index is -3.19. The molecule has 11 heteroatoms. The Morgan fingerprint density at radius 1 is 1.21 bits per heavy atom. The second kappa shape index (κ2) is 6.92. The molecule has 1 aliphatic heterocycles. The number of ether oxygens (including phenoxy) is 1. The summed E-state index contributed by atoms with van der Waals surface area (Å²) in [6.45, 7) is 0.979. The van der Waals surface area contributed by atoms with E-state index in [2.05, 4.69) is 20.1 Å². The lowest BCUT2D eigenvalue weighted by molar-refractivity contribution is 0.253. The molecule has 0 radical (unpaired) electrons. The highest BCUT2D eigenvalue weighted by molar-refractivity contribution is 7.90. The molecule has 152 valence electrons. The zero-order valence-electron chi connectivity index (χ0n) is 15.6. The molecule has 0 unspecified atom stereocenters. The molecular formula is C18H20N6O4S. The van der Waals surface area contributed by atoms with Gasteiger partial charge in [-0.25, -0.2) is 8.42 Å². The van der Waals surface area contributed by atoms with Crippen LogP contribution in [0.3, 0.4) is 0 Å². The van der Waals surface area contributed by atoms with Gasteiger partial charge in [-0.2, -0.15) is 14.4 Å². The number of piperidine rings is 1. The lowest BCUT2D eigenvalue weighted by Gasteiger charge is -2.32. The van der Waals surface area contributed by atoms with Crippen LogP contribution in [0.1, 0.15) is 31.7 Å². The molecule has 29 heavy (non-hydrogen) atoms. The number of hydrogen-bond acceptors (Lipinski definition) is 7. The largest absolute Gasteiger partial charge is 0.422 e. The van der Waals surface area contributed by atoms with Gasteiger partial charge in [-0.3, -0.25) is 19.4 Å². The highest BCUT2D eigenvalue weighted by atomic mass is 32.2. The maximum absolute atomic E-state index is 12.5. The number of pyridine rings is 1. The molecule has 0 spiro atoms. The quantitative estimate of drug-likeness (QED) is 0.667. The van der Waals surface area contributed by atoms with Crippen molar-refractivity contribution >= 4 is 20.9 Å². The van der Waals surface area contributed by atoms with Crippen molar-refractivity contribution in [2.24, 2.45) is 0 Å². The summed E-state index contributed by atoms with van der Waals surface area (Å²) in [5, 5.41) is 4.56. The van der Waals surface area contributed by atoms with E-state index in [-0.39, 0.29) is 22.9 Å². The van der Waals surface area contributed by atoms with E-state index < -0.39 is 10.0 Å². The van der Waals surface area contributed by atoms with Crippen molar-refractivity contribution < 1.29 is 13.2 Å². The first-order chi connectivity index (χ1) is 14.0. The summed E-state index contributed by atoms with van der Waals surface area (Å²) >= 11 is 0. The van der Waals surface area contributed by atoms with Gasteiger partial charge in [0.1, 0.15) is 0 Å². The first-order valence-corrected chi connectivity index (χ1v) is 11.1. The molecule has 0 aromatic carbocycles. The van der Waals surface area contributed by atoms with Crippen LogP contribution in [-0.2, 0) is 10.0 Å². The van der Waals surface area contributed by atoms with Gasteiger partial charge in [0.15, 0.2) is 5.75 Å². The van der Waals surface area contributed by atoms with Crippen molar-refractivity contribution in [3.8, 4) is 11.8 Å².